The van der Waals surface area contributed by atoms with Gasteiger partial charge in [0.1, 0.15) is 12.2 Å². The first-order valence-corrected chi connectivity index (χ1v) is 19.5. The quantitative estimate of drug-likeness (QED) is 0.0398. The molecule has 1 heterocycles. The Hall–Kier alpha value is -1.31. The second kappa shape index (κ2) is 26.6. The SMILES string of the molecule is CCCCCCCCCCCCCC(=O)O[C@H]1[C@H](OS(=O)(=O)O)[C@@H](CO)OC[C@@H]1NC(=O)C[C@H](O)CCCCCCCCCCC. The van der Waals surface area contributed by atoms with Gasteiger partial charge in [-0.1, -0.05) is 136 Å². The lowest BCUT2D eigenvalue weighted by Crippen LogP contribution is -2.62. The van der Waals surface area contributed by atoms with Crippen molar-refractivity contribution in [3.8, 4) is 0 Å². The Labute approximate surface area is 278 Å². The first-order valence-electron chi connectivity index (χ1n) is 18.2. The maximum Gasteiger partial charge on any atom is 0.397 e. The molecule has 1 rings (SSSR count). The molecule has 0 bridgehead atoms. The molecule has 1 aliphatic heterocycles. The second-order valence-corrected chi connectivity index (χ2v) is 14.0. The van der Waals surface area contributed by atoms with Crippen molar-refractivity contribution in [2.75, 3.05) is 13.2 Å². The highest BCUT2D eigenvalue weighted by molar-refractivity contribution is 7.80. The summed E-state index contributed by atoms with van der Waals surface area (Å²) in [6.45, 7) is 3.56. The summed E-state index contributed by atoms with van der Waals surface area (Å²) in [5, 5.41) is 22.9. The van der Waals surface area contributed by atoms with Gasteiger partial charge in [0.2, 0.25) is 5.91 Å². The van der Waals surface area contributed by atoms with Crippen LogP contribution in [0.15, 0.2) is 0 Å². The third-order valence-electron chi connectivity index (χ3n) is 8.65. The van der Waals surface area contributed by atoms with E-state index in [4.69, 9.17) is 13.7 Å². The Morgan fingerprint density at radius 2 is 1.26 bits per heavy atom. The summed E-state index contributed by atoms with van der Waals surface area (Å²) in [4.78, 5) is 25.6. The summed E-state index contributed by atoms with van der Waals surface area (Å²) in [5.74, 6) is -1.12. The molecule has 46 heavy (non-hydrogen) atoms. The Morgan fingerprint density at radius 3 is 1.74 bits per heavy atom. The van der Waals surface area contributed by atoms with E-state index in [9.17, 15) is 32.8 Å². The monoisotopic (exact) mass is 679 g/mol. The summed E-state index contributed by atoms with van der Waals surface area (Å²) in [7, 11) is -5.00. The zero-order valence-electron chi connectivity index (χ0n) is 28.7. The number of aliphatic hydroxyl groups excluding tert-OH is 2. The first kappa shape index (κ1) is 42.7. The molecule has 5 atom stereocenters. The van der Waals surface area contributed by atoms with Gasteiger partial charge in [-0.2, -0.15) is 8.42 Å². The zero-order valence-corrected chi connectivity index (χ0v) is 29.5. The van der Waals surface area contributed by atoms with Crippen molar-refractivity contribution < 1.29 is 46.4 Å². The number of ether oxygens (including phenoxy) is 2. The molecule has 1 amide bonds. The Morgan fingerprint density at radius 1 is 0.783 bits per heavy atom. The van der Waals surface area contributed by atoms with Crippen LogP contribution in [-0.4, -0.2) is 78.7 Å². The molecule has 0 aromatic heterocycles. The van der Waals surface area contributed by atoms with E-state index in [-0.39, 0.29) is 19.4 Å². The molecular weight excluding hydrogens is 614 g/mol. The zero-order chi connectivity index (χ0) is 34.0. The van der Waals surface area contributed by atoms with Gasteiger partial charge in [-0.25, -0.2) is 4.18 Å². The Balaban J connectivity index is 2.56. The fraction of sp³-hybridized carbons (Fsp3) is 0.941. The van der Waals surface area contributed by atoms with E-state index < -0.39 is 59.3 Å². The minimum absolute atomic E-state index is 0.0921. The van der Waals surface area contributed by atoms with Gasteiger partial charge in [-0.15, -0.1) is 0 Å². The van der Waals surface area contributed by atoms with Crippen LogP contribution in [0.25, 0.3) is 0 Å². The smallest absolute Gasteiger partial charge is 0.397 e. The van der Waals surface area contributed by atoms with Crippen LogP contribution in [0, 0.1) is 0 Å². The van der Waals surface area contributed by atoms with E-state index in [1.165, 1.54) is 83.5 Å². The number of rotatable bonds is 29. The van der Waals surface area contributed by atoms with Gasteiger partial charge in [-0.05, 0) is 12.8 Å². The molecule has 12 heteroatoms. The van der Waals surface area contributed by atoms with E-state index >= 15 is 0 Å². The second-order valence-electron chi connectivity index (χ2n) is 12.9. The van der Waals surface area contributed by atoms with Gasteiger partial charge >= 0.3 is 16.4 Å². The highest BCUT2D eigenvalue weighted by Gasteiger charge is 2.46. The van der Waals surface area contributed by atoms with Crippen LogP contribution in [-0.2, 0) is 33.6 Å². The van der Waals surface area contributed by atoms with Crippen LogP contribution >= 0.6 is 0 Å². The van der Waals surface area contributed by atoms with Crippen molar-refractivity contribution in [3.63, 3.8) is 0 Å². The van der Waals surface area contributed by atoms with Crippen LogP contribution in [0.4, 0.5) is 0 Å². The van der Waals surface area contributed by atoms with E-state index in [2.05, 4.69) is 19.2 Å². The number of aliphatic hydroxyl groups is 2. The minimum atomic E-state index is -5.00. The number of hydrogen-bond donors (Lipinski definition) is 4. The highest BCUT2D eigenvalue weighted by atomic mass is 32.3. The molecule has 0 aliphatic carbocycles. The van der Waals surface area contributed by atoms with Crippen molar-refractivity contribution in [1.29, 1.82) is 0 Å². The van der Waals surface area contributed by atoms with Crippen molar-refractivity contribution in [2.45, 2.75) is 192 Å². The van der Waals surface area contributed by atoms with Crippen LogP contribution in [0.2, 0.25) is 0 Å². The normalized spacial score (nSPS) is 20.8. The lowest BCUT2D eigenvalue weighted by molar-refractivity contribution is -0.186. The average molecular weight is 680 g/mol. The van der Waals surface area contributed by atoms with Gasteiger partial charge in [0.25, 0.3) is 0 Å². The third-order valence-corrected chi connectivity index (χ3v) is 9.12. The summed E-state index contributed by atoms with van der Waals surface area (Å²) >= 11 is 0. The number of nitrogens with one attached hydrogen (secondary N) is 1. The summed E-state index contributed by atoms with van der Waals surface area (Å²) in [6.07, 6.45) is 18.0. The molecule has 0 radical (unpaired) electrons. The molecule has 1 fully saturated rings. The number of carbonyl (C=O) groups excluding carboxylic acids is 2. The molecule has 0 aromatic carbocycles. The molecule has 0 aromatic rings. The Bertz CT molecular complexity index is 887. The van der Waals surface area contributed by atoms with E-state index in [1.807, 2.05) is 0 Å². The van der Waals surface area contributed by atoms with Crippen LogP contribution in [0.5, 0.6) is 0 Å². The van der Waals surface area contributed by atoms with E-state index in [0.717, 1.165) is 38.5 Å². The summed E-state index contributed by atoms with van der Waals surface area (Å²) in [6, 6.07) is -1.01. The van der Waals surface area contributed by atoms with Gasteiger partial charge in [0, 0.05) is 6.42 Å². The van der Waals surface area contributed by atoms with Crippen LogP contribution < -0.4 is 5.32 Å². The van der Waals surface area contributed by atoms with Crippen LogP contribution in [0.3, 0.4) is 0 Å². The van der Waals surface area contributed by atoms with E-state index in [1.54, 1.807) is 0 Å². The molecule has 11 nitrogen and oxygen atoms in total. The standard InChI is InChI=1S/C34H65NO10S/c1-3-5-7-9-11-13-14-16-18-20-22-24-32(39)44-33-29(27-43-30(26-36)34(33)45-46(40,41)42)35-31(38)25-28(37)23-21-19-17-15-12-10-8-6-4-2/h28-30,33-34,36-37H,3-27H2,1-2H3,(H,35,38)(H,40,41,42)/t28-,29+,30-,33-,34-/m1/s1. The van der Waals surface area contributed by atoms with Gasteiger partial charge in [0.05, 0.1) is 31.8 Å². The number of unbranched alkanes of at least 4 members (excludes halogenated alkanes) is 18. The maximum absolute atomic E-state index is 12.8. The molecule has 0 saturated carbocycles. The van der Waals surface area contributed by atoms with Gasteiger partial charge in [-0.3, -0.25) is 14.1 Å². The fourth-order valence-electron chi connectivity index (χ4n) is 5.96. The molecule has 1 aliphatic rings. The fourth-order valence-corrected chi connectivity index (χ4v) is 6.48. The molecule has 272 valence electrons. The number of esters is 1. The van der Waals surface area contributed by atoms with Crippen LogP contribution in [0.1, 0.15) is 162 Å². The van der Waals surface area contributed by atoms with Crippen molar-refractivity contribution in [2.24, 2.45) is 0 Å². The van der Waals surface area contributed by atoms with Gasteiger partial charge in [0.15, 0.2) is 6.10 Å². The predicted molar refractivity (Wildman–Crippen MR) is 179 cm³/mol. The lowest BCUT2D eigenvalue weighted by Gasteiger charge is -2.40. The Kier molecular flexibility index (Phi) is 24.7. The maximum atomic E-state index is 12.8. The number of hydrogen-bond acceptors (Lipinski definition) is 9. The summed E-state index contributed by atoms with van der Waals surface area (Å²) in [5.41, 5.74) is 0. The number of amides is 1. The summed E-state index contributed by atoms with van der Waals surface area (Å²) < 4.78 is 48.5. The van der Waals surface area contributed by atoms with Crippen molar-refractivity contribution in [1.82, 2.24) is 5.32 Å². The van der Waals surface area contributed by atoms with Crippen molar-refractivity contribution in [3.05, 3.63) is 0 Å². The minimum Gasteiger partial charge on any atom is -0.457 e. The van der Waals surface area contributed by atoms with E-state index in [0.29, 0.717) is 12.8 Å². The molecule has 0 spiro atoms. The predicted octanol–water partition coefficient (Wildman–Crippen LogP) is 6.34. The molecule has 4 N–H and O–H groups in total. The molecule has 1 saturated heterocycles. The van der Waals surface area contributed by atoms with Gasteiger partial charge < -0.3 is 25.0 Å². The number of carbonyl (C=O) groups is 2. The van der Waals surface area contributed by atoms with Crippen molar-refractivity contribution >= 4 is 22.3 Å². The highest BCUT2D eigenvalue weighted by Crippen LogP contribution is 2.24. The largest absolute Gasteiger partial charge is 0.457 e. The molecule has 0 unspecified atom stereocenters. The average Bonchev–Trinajstić information content (AvgIpc) is 3.00. The third kappa shape index (κ3) is 21.5. The molecular formula is C34H65NO10S. The topological polar surface area (TPSA) is 169 Å². The lowest BCUT2D eigenvalue weighted by atomic mass is 9.97. The first-order chi connectivity index (χ1) is 22.1.